The maximum Gasteiger partial charge on any atom is 0.251 e. The highest BCUT2D eigenvalue weighted by molar-refractivity contribution is 5.79. The molecule has 0 atom stereocenters. The van der Waals surface area contributed by atoms with E-state index in [1.807, 2.05) is 0 Å². The fourth-order valence-corrected chi connectivity index (χ4v) is 2.90. The zero-order valence-corrected chi connectivity index (χ0v) is 14.8. The Bertz CT molecular complexity index is 565. The van der Waals surface area contributed by atoms with Crippen LogP contribution >= 0.6 is 0 Å². The van der Waals surface area contributed by atoms with Crippen LogP contribution in [0.5, 0.6) is 17.2 Å². The van der Waals surface area contributed by atoms with Crippen molar-refractivity contribution in [1.29, 1.82) is 0 Å². The smallest absolute Gasteiger partial charge is 0.251 e. The highest BCUT2D eigenvalue weighted by Crippen LogP contribution is 2.38. The zero-order chi connectivity index (χ0) is 18.4. The van der Waals surface area contributed by atoms with E-state index >= 15 is 0 Å². The average Bonchev–Trinajstić information content (AvgIpc) is 2.60. The van der Waals surface area contributed by atoms with Gasteiger partial charge >= 0.3 is 0 Å². The van der Waals surface area contributed by atoms with Crippen molar-refractivity contribution >= 4 is 5.91 Å². The fourth-order valence-electron chi connectivity index (χ4n) is 2.90. The van der Waals surface area contributed by atoms with Gasteiger partial charge in [-0.05, 0) is 17.7 Å². The molecule has 140 valence electrons. The topological polar surface area (TPSA) is 51.2 Å². The Morgan fingerprint density at radius 2 is 1.60 bits per heavy atom. The lowest BCUT2D eigenvalue weighted by molar-refractivity contribution is -0.132. The Kier molecular flexibility index (Phi) is 6.81. The minimum atomic E-state index is -2.35. The quantitative estimate of drug-likeness (QED) is 0.742. The Labute approximate surface area is 146 Å². The van der Waals surface area contributed by atoms with Gasteiger partial charge in [0.05, 0.1) is 34.3 Å². The van der Waals surface area contributed by atoms with Crippen molar-refractivity contribution < 1.29 is 27.8 Å². The van der Waals surface area contributed by atoms with Crippen LogP contribution in [0.1, 0.15) is 5.56 Å². The molecular formula is C17H24F2N2O4. The van der Waals surface area contributed by atoms with E-state index in [9.17, 15) is 13.6 Å². The van der Waals surface area contributed by atoms with Gasteiger partial charge in [0.2, 0.25) is 11.7 Å². The molecular weight excluding hydrogens is 334 g/mol. The van der Waals surface area contributed by atoms with Gasteiger partial charge < -0.3 is 19.1 Å². The van der Waals surface area contributed by atoms with E-state index in [1.165, 1.54) is 21.3 Å². The predicted molar refractivity (Wildman–Crippen MR) is 88.8 cm³/mol. The standard InChI is InChI=1S/C17H24F2N2O4/c1-23-13-8-12(9-14(24-2)17(13)25-3)10-16(22)21-6-4-20(5-7-21)11-15(18)19/h8-9,15H,4-7,10-11H2,1-3H3. The van der Waals surface area contributed by atoms with Crippen molar-refractivity contribution in [3.63, 3.8) is 0 Å². The van der Waals surface area contributed by atoms with Crippen LogP contribution in [-0.4, -0.2) is 76.2 Å². The Morgan fingerprint density at radius 1 is 1.04 bits per heavy atom. The van der Waals surface area contributed by atoms with E-state index < -0.39 is 6.43 Å². The number of rotatable bonds is 7. The molecule has 0 aromatic heterocycles. The molecule has 2 rings (SSSR count). The number of piperazine rings is 1. The Hall–Kier alpha value is -2.09. The van der Waals surface area contributed by atoms with E-state index in [0.29, 0.717) is 43.4 Å². The summed E-state index contributed by atoms with van der Waals surface area (Å²) in [4.78, 5) is 15.9. The third-order valence-electron chi connectivity index (χ3n) is 4.20. The molecule has 1 aliphatic heterocycles. The number of halogens is 2. The highest BCUT2D eigenvalue weighted by atomic mass is 19.3. The molecule has 0 aliphatic carbocycles. The molecule has 0 spiro atoms. The highest BCUT2D eigenvalue weighted by Gasteiger charge is 2.23. The summed E-state index contributed by atoms with van der Waals surface area (Å²) in [7, 11) is 4.56. The van der Waals surface area contributed by atoms with Gasteiger partial charge in [-0.15, -0.1) is 0 Å². The maximum atomic E-state index is 12.5. The first kappa shape index (κ1) is 19.2. The predicted octanol–water partition coefficient (Wildman–Crippen LogP) is 1.66. The second kappa shape index (κ2) is 8.84. The molecule has 1 aliphatic rings. The first-order valence-corrected chi connectivity index (χ1v) is 8.05. The summed E-state index contributed by atoms with van der Waals surface area (Å²) in [6.45, 7) is 1.59. The molecule has 1 amide bonds. The Morgan fingerprint density at radius 3 is 2.04 bits per heavy atom. The Balaban J connectivity index is 2.01. The van der Waals surface area contributed by atoms with Crippen molar-refractivity contribution in [2.75, 3.05) is 54.1 Å². The van der Waals surface area contributed by atoms with E-state index in [0.717, 1.165) is 5.56 Å². The summed E-state index contributed by atoms with van der Waals surface area (Å²) in [6, 6.07) is 3.48. The summed E-state index contributed by atoms with van der Waals surface area (Å²) in [5.74, 6) is 1.41. The average molecular weight is 358 g/mol. The monoisotopic (exact) mass is 358 g/mol. The summed E-state index contributed by atoms with van der Waals surface area (Å²) < 4.78 is 40.7. The second-order valence-electron chi connectivity index (χ2n) is 5.78. The molecule has 25 heavy (non-hydrogen) atoms. The lowest BCUT2D eigenvalue weighted by atomic mass is 10.1. The van der Waals surface area contributed by atoms with Crippen LogP contribution in [0.3, 0.4) is 0 Å². The van der Waals surface area contributed by atoms with Gasteiger partial charge in [-0.3, -0.25) is 9.69 Å². The molecule has 1 aromatic carbocycles. The number of alkyl halides is 2. The number of benzene rings is 1. The molecule has 1 fully saturated rings. The molecule has 1 aromatic rings. The maximum absolute atomic E-state index is 12.5. The molecule has 8 heteroatoms. The van der Waals surface area contributed by atoms with Crippen LogP contribution < -0.4 is 14.2 Å². The molecule has 0 N–H and O–H groups in total. The molecule has 0 radical (unpaired) electrons. The first-order valence-electron chi connectivity index (χ1n) is 8.05. The van der Waals surface area contributed by atoms with Crippen molar-refractivity contribution in [3.05, 3.63) is 17.7 Å². The van der Waals surface area contributed by atoms with Gasteiger partial charge in [-0.2, -0.15) is 0 Å². The van der Waals surface area contributed by atoms with Gasteiger partial charge in [0.15, 0.2) is 11.5 Å². The largest absolute Gasteiger partial charge is 0.493 e. The fraction of sp³-hybridized carbons (Fsp3) is 0.588. The molecule has 1 saturated heterocycles. The summed E-state index contributed by atoms with van der Waals surface area (Å²) >= 11 is 0. The number of amides is 1. The van der Waals surface area contributed by atoms with Gasteiger partial charge in [-0.1, -0.05) is 0 Å². The van der Waals surface area contributed by atoms with Crippen molar-refractivity contribution in [1.82, 2.24) is 9.80 Å². The lowest BCUT2D eigenvalue weighted by Crippen LogP contribution is -2.50. The number of nitrogens with zero attached hydrogens (tertiary/aromatic N) is 2. The van der Waals surface area contributed by atoms with Gasteiger partial charge in [0, 0.05) is 26.2 Å². The SMILES string of the molecule is COc1cc(CC(=O)N2CCN(CC(F)F)CC2)cc(OC)c1OC. The van der Waals surface area contributed by atoms with E-state index in [2.05, 4.69) is 0 Å². The number of ether oxygens (including phenoxy) is 3. The van der Waals surface area contributed by atoms with E-state index in [4.69, 9.17) is 14.2 Å². The summed E-state index contributed by atoms with van der Waals surface area (Å²) in [5, 5.41) is 0. The number of carbonyl (C=O) groups is 1. The van der Waals surface area contributed by atoms with Crippen LogP contribution in [0.2, 0.25) is 0 Å². The van der Waals surface area contributed by atoms with Gasteiger partial charge in [-0.25, -0.2) is 8.78 Å². The van der Waals surface area contributed by atoms with Crippen LogP contribution in [0.15, 0.2) is 12.1 Å². The third kappa shape index (κ3) is 4.94. The van der Waals surface area contributed by atoms with E-state index in [1.54, 1.807) is 21.9 Å². The lowest BCUT2D eigenvalue weighted by Gasteiger charge is -2.34. The second-order valence-corrected chi connectivity index (χ2v) is 5.78. The minimum Gasteiger partial charge on any atom is -0.493 e. The van der Waals surface area contributed by atoms with Crippen LogP contribution in [0.4, 0.5) is 8.78 Å². The minimum absolute atomic E-state index is 0.0500. The molecule has 0 bridgehead atoms. The normalized spacial score (nSPS) is 15.4. The number of methoxy groups -OCH3 is 3. The number of carbonyl (C=O) groups excluding carboxylic acids is 1. The summed E-state index contributed by atoms with van der Waals surface area (Å²) in [6.07, 6.45) is -2.16. The first-order chi connectivity index (χ1) is 12.0. The van der Waals surface area contributed by atoms with E-state index in [-0.39, 0.29) is 18.9 Å². The molecule has 0 unspecified atom stereocenters. The molecule has 1 heterocycles. The third-order valence-corrected chi connectivity index (χ3v) is 4.20. The van der Waals surface area contributed by atoms with Gasteiger partial charge in [0.25, 0.3) is 6.43 Å². The van der Waals surface area contributed by atoms with Crippen LogP contribution in [0.25, 0.3) is 0 Å². The number of hydrogen-bond donors (Lipinski definition) is 0. The molecule has 0 saturated carbocycles. The van der Waals surface area contributed by atoms with Crippen molar-refractivity contribution in [3.8, 4) is 17.2 Å². The summed E-state index contributed by atoms with van der Waals surface area (Å²) in [5.41, 5.74) is 0.745. The van der Waals surface area contributed by atoms with Crippen molar-refractivity contribution in [2.45, 2.75) is 12.8 Å². The van der Waals surface area contributed by atoms with Gasteiger partial charge in [0.1, 0.15) is 0 Å². The zero-order valence-electron chi connectivity index (χ0n) is 14.8. The van der Waals surface area contributed by atoms with Crippen LogP contribution in [0, 0.1) is 0 Å². The van der Waals surface area contributed by atoms with Crippen LogP contribution in [-0.2, 0) is 11.2 Å². The van der Waals surface area contributed by atoms with Crippen molar-refractivity contribution in [2.24, 2.45) is 0 Å². The number of hydrogen-bond acceptors (Lipinski definition) is 5. The molecule has 6 nitrogen and oxygen atoms in total.